The smallest absolute Gasteiger partial charge is 0.173 e. The molecule has 0 radical (unpaired) electrons. The van der Waals surface area contributed by atoms with E-state index in [0.29, 0.717) is 16.4 Å². The Hall–Kier alpha value is -2.06. The van der Waals surface area contributed by atoms with Gasteiger partial charge in [-0.3, -0.25) is 0 Å². The number of para-hydroxylation sites is 1. The van der Waals surface area contributed by atoms with E-state index in [4.69, 9.17) is 11.0 Å². The molecule has 0 saturated carbocycles. The van der Waals surface area contributed by atoms with Gasteiger partial charge < -0.3 is 5.73 Å². The van der Waals surface area contributed by atoms with E-state index in [-0.39, 0.29) is 0 Å². The van der Waals surface area contributed by atoms with E-state index in [0.717, 1.165) is 4.90 Å². The van der Waals surface area contributed by atoms with Crippen molar-refractivity contribution in [2.75, 3.05) is 5.73 Å². The lowest BCUT2D eigenvalue weighted by Gasteiger charge is -2.04. The number of anilines is 1. The molecule has 0 bridgehead atoms. The standard InChI is InChI=1S/C11H8N4S/c12-7-9-11(15-6-5-14-9)16-10-4-2-1-3-8(10)13/h1-6H,13H2. The molecule has 0 atom stereocenters. The van der Waals surface area contributed by atoms with E-state index >= 15 is 0 Å². The largest absolute Gasteiger partial charge is 0.398 e. The Kier molecular flexibility index (Phi) is 3.03. The Morgan fingerprint density at radius 3 is 2.69 bits per heavy atom. The summed E-state index contributed by atoms with van der Waals surface area (Å²) >= 11 is 1.34. The zero-order chi connectivity index (χ0) is 11.4. The van der Waals surface area contributed by atoms with Gasteiger partial charge in [0.1, 0.15) is 11.1 Å². The number of benzene rings is 1. The fourth-order valence-electron chi connectivity index (χ4n) is 1.15. The molecule has 1 heterocycles. The summed E-state index contributed by atoms with van der Waals surface area (Å²) in [6.07, 6.45) is 3.05. The number of aromatic nitrogens is 2. The fraction of sp³-hybridized carbons (Fsp3) is 0. The molecule has 0 unspecified atom stereocenters. The molecule has 2 N–H and O–H groups in total. The van der Waals surface area contributed by atoms with Crippen molar-refractivity contribution in [1.29, 1.82) is 5.26 Å². The van der Waals surface area contributed by atoms with Gasteiger partial charge in [0.15, 0.2) is 5.69 Å². The highest BCUT2D eigenvalue weighted by atomic mass is 32.2. The van der Waals surface area contributed by atoms with Crippen LogP contribution in [0.2, 0.25) is 0 Å². The molecular weight excluding hydrogens is 220 g/mol. The molecule has 0 aliphatic rings. The van der Waals surface area contributed by atoms with Gasteiger partial charge in [-0.05, 0) is 12.1 Å². The molecule has 2 rings (SSSR count). The van der Waals surface area contributed by atoms with E-state index in [9.17, 15) is 0 Å². The summed E-state index contributed by atoms with van der Waals surface area (Å²) in [5, 5.41) is 9.44. The highest BCUT2D eigenvalue weighted by molar-refractivity contribution is 7.99. The zero-order valence-corrected chi connectivity index (χ0v) is 9.11. The molecule has 5 heteroatoms. The maximum absolute atomic E-state index is 8.87. The summed E-state index contributed by atoms with van der Waals surface area (Å²) in [6.45, 7) is 0. The van der Waals surface area contributed by atoms with Gasteiger partial charge in [0.2, 0.25) is 0 Å². The summed E-state index contributed by atoms with van der Waals surface area (Å²) < 4.78 is 0. The predicted molar refractivity (Wildman–Crippen MR) is 61.7 cm³/mol. The monoisotopic (exact) mass is 228 g/mol. The van der Waals surface area contributed by atoms with Crippen LogP contribution < -0.4 is 5.73 Å². The molecule has 1 aromatic carbocycles. The first kappa shape index (κ1) is 10.5. The van der Waals surface area contributed by atoms with Crippen LogP contribution in [0.1, 0.15) is 5.69 Å². The number of nitrogens with two attached hydrogens (primary N) is 1. The maximum atomic E-state index is 8.87. The van der Waals surface area contributed by atoms with Crippen LogP contribution >= 0.6 is 11.8 Å². The second-order valence-corrected chi connectivity index (χ2v) is 3.99. The number of hydrogen-bond donors (Lipinski definition) is 1. The lowest BCUT2D eigenvalue weighted by atomic mass is 10.3. The molecule has 2 aromatic rings. The third kappa shape index (κ3) is 2.12. The summed E-state index contributed by atoms with van der Waals surface area (Å²) in [5.74, 6) is 0. The molecule has 78 valence electrons. The Balaban J connectivity index is 2.35. The molecular formula is C11H8N4S. The van der Waals surface area contributed by atoms with Crippen LogP contribution in [-0.4, -0.2) is 9.97 Å². The first-order valence-electron chi connectivity index (χ1n) is 4.54. The van der Waals surface area contributed by atoms with Crippen molar-refractivity contribution in [3.05, 3.63) is 42.4 Å². The normalized spacial score (nSPS) is 9.69. The van der Waals surface area contributed by atoms with E-state index < -0.39 is 0 Å². The van der Waals surface area contributed by atoms with Gasteiger partial charge in [0.25, 0.3) is 0 Å². The minimum atomic E-state index is 0.316. The molecule has 1 aromatic heterocycles. The molecule has 0 aliphatic carbocycles. The number of nitrogen functional groups attached to an aromatic ring is 1. The molecule has 0 saturated heterocycles. The lowest BCUT2D eigenvalue weighted by Crippen LogP contribution is -1.92. The maximum Gasteiger partial charge on any atom is 0.173 e. The highest BCUT2D eigenvalue weighted by Gasteiger charge is 2.07. The minimum Gasteiger partial charge on any atom is -0.398 e. The zero-order valence-electron chi connectivity index (χ0n) is 8.29. The second-order valence-electron chi connectivity index (χ2n) is 2.96. The number of nitriles is 1. The third-order valence-electron chi connectivity index (χ3n) is 1.90. The molecule has 0 aliphatic heterocycles. The van der Waals surface area contributed by atoms with Crippen LogP contribution in [0.5, 0.6) is 0 Å². The average Bonchev–Trinajstić information content (AvgIpc) is 2.33. The molecule has 0 spiro atoms. The van der Waals surface area contributed by atoms with Gasteiger partial charge in [-0.2, -0.15) is 5.26 Å². The van der Waals surface area contributed by atoms with Crippen molar-refractivity contribution < 1.29 is 0 Å². The molecule has 4 nitrogen and oxygen atoms in total. The summed E-state index contributed by atoms with van der Waals surface area (Å²) in [6, 6.07) is 9.45. The molecule has 0 fully saturated rings. The quantitative estimate of drug-likeness (QED) is 0.796. The molecule has 0 amide bonds. The van der Waals surface area contributed by atoms with Gasteiger partial charge >= 0.3 is 0 Å². The van der Waals surface area contributed by atoms with Gasteiger partial charge in [0, 0.05) is 23.0 Å². The first-order valence-corrected chi connectivity index (χ1v) is 5.36. The Bertz CT molecular complexity index is 548. The van der Waals surface area contributed by atoms with Crippen molar-refractivity contribution in [1.82, 2.24) is 9.97 Å². The van der Waals surface area contributed by atoms with E-state index in [2.05, 4.69) is 9.97 Å². The van der Waals surface area contributed by atoms with Crippen molar-refractivity contribution in [2.24, 2.45) is 0 Å². The topological polar surface area (TPSA) is 75.6 Å². The van der Waals surface area contributed by atoms with Crippen LogP contribution in [0.15, 0.2) is 46.6 Å². The van der Waals surface area contributed by atoms with Crippen LogP contribution in [0.25, 0.3) is 0 Å². The number of hydrogen-bond acceptors (Lipinski definition) is 5. The fourth-order valence-corrected chi connectivity index (χ4v) is 2.00. The van der Waals surface area contributed by atoms with E-state index in [1.807, 2.05) is 30.3 Å². The summed E-state index contributed by atoms with van der Waals surface area (Å²) in [7, 11) is 0. The third-order valence-corrected chi connectivity index (χ3v) is 2.98. The first-order chi connectivity index (χ1) is 7.81. The van der Waals surface area contributed by atoms with Crippen molar-refractivity contribution in [3.63, 3.8) is 0 Å². The Labute approximate surface area is 97.1 Å². The average molecular weight is 228 g/mol. The molecule has 16 heavy (non-hydrogen) atoms. The van der Waals surface area contributed by atoms with Crippen LogP contribution in [0, 0.1) is 11.3 Å². The number of nitrogens with zero attached hydrogens (tertiary/aromatic N) is 3. The predicted octanol–water partition coefficient (Wildman–Crippen LogP) is 2.08. The van der Waals surface area contributed by atoms with Gasteiger partial charge in [0.05, 0.1) is 0 Å². The van der Waals surface area contributed by atoms with Gasteiger partial charge in [-0.25, -0.2) is 9.97 Å². The van der Waals surface area contributed by atoms with Crippen LogP contribution in [-0.2, 0) is 0 Å². The minimum absolute atomic E-state index is 0.316. The lowest BCUT2D eigenvalue weighted by molar-refractivity contribution is 1.02. The second kappa shape index (κ2) is 4.64. The summed E-state index contributed by atoms with van der Waals surface area (Å²) in [4.78, 5) is 8.92. The number of rotatable bonds is 2. The van der Waals surface area contributed by atoms with Crippen LogP contribution in [0.3, 0.4) is 0 Å². The van der Waals surface area contributed by atoms with Crippen molar-refractivity contribution in [3.8, 4) is 6.07 Å². The van der Waals surface area contributed by atoms with E-state index in [1.54, 1.807) is 6.20 Å². The van der Waals surface area contributed by atoms with E-state index in [1.165, 1.54) is 18.0 Å². The van der Waals surface area contributed by atoms with Crippen molar-refractivity contribution in [2.45, 2.75) is 9.92 Å². The SMILES string of the molecule is N#Cc1nccnc1Sc1ccccc1N. The Morgan fingerprint density at radius 2 is 1.94 bits per heavy atom. The van der Waals surface area contributed by atoms with Gasteiger partial charge in [-0.15, -0.1) is 0 Å². The summed E-state index contributed by atoms with van der Waals surface area (Å²) in [5.41, 5.74) is 6.79. The highest BCUT2D eigenvalue weighted by Crippen LogP contribution is 2.31. The Morgan fingerprint density at radius 1 is 1.19 bits per heavy atom. The van der Waals surface area contributed by atoms with Crippen molar-refractivity contribution >= 4 is 17.4 Å². The van der Waals surface area contributed by atoms with Gasteiger partial charge in [-0.1, -0.05) is 23.9 Å². The van der Waals surface area contributed by atoms with Crippen LogP contribution in [0.4, 0.5) is 5.69 Å².